The zero-order chi connectivity index (χ0) is 44.7. The predicted molar refractivity (Wildman–Crippen MR) is 261 cm³/mol. The molecule has 0 rings (SSSR count). The van der Waals surface area contributed by atoms with Gasteiger partial charge in [0.1, 0.15) is 13.2 Å². The van der Waals surface area contributed by atoms with E-state index in [1.54, 1.807) is 0 Å². The van der Waals surface area contributed by atoms with Crippen molar-refractivity contribution in [2.75, 3.05) is 13.2 Å². The average molecular weight is 863 g/mol. The summed E-state index contributed by atoms with van der Waals surface area (Å²) in [5.41, 5.74) is 0. The monoisotopic (exact) mass is 863 g/mol. The SMILES string of the molecule is CCCCCCCCCCCCCCCC(=O)O[C@@H](COC(=O)CCCCCCCCCCCCCCCC(C)C)COC(=O)CCCCCCCCCCCCC(C)CC. The van der Waals surface area contributed by atoms with Crippen molar-refractivity contribution >= 4 is 17.9 Å². The van der Waals surface area contributed by atoms with Crippen molar-refractivity contribution in [3.05, 3.63) is 0 Å². The molecule has 0 fully saturated rings. The molecule has 0 saturated carbocycles. The van der Waals surface area contributed by atoms with Gasteiger partial charge in [-0.2, -0.15) is 0 Å². The fourth-order valence-electron chi connectivity index (χ4n) is 8.31. The van der Waals surface area contributed by atoms with Crippen LogP contribution in [-0.4, -0.2) is 37.2 Å². The van der Waals surface area contributed by atoms with Crippen LogP contribution in [0.15, 0.2) is 0 Å². The molecule has 6 heteroatoms. The number of carbonyl (C=O) groups excluding carboxylic acids is 3. The number of ether oxygens (including phenoxy) is 3. The molecule has 0 aromatic rings. The van der Waals surface area contributed by atoms with Crippen LogP contribution in [0.4, 0.5) is 0 Å². The summed E-state index contributed by atoms with van der Waals surface area (Å²) in [7, 11) is 0. The van der Waals surface area contributed by atoms with Gasteiger partial charge in [0.05, 0.1) is 0 Å². The summed E-state index contributed by atoms with van der Waals surface area (Å²) >= 11 is 0. The van der Waals surface area contributed by atoms with Crippen LogP contribution in [0.1, 0.15) is 304 Å². The van der Waals surface area contributed by atoms with Gasteiger partial charge in [-0.1, -0.05) is 266 Å². The first-order chi connectivity index (χ1) is 29.8. The molecule has 0 heterocycles. The molecule has 6 nitrogen and oxygen atoms in total. The third-order valence-electron chi connectivity index (χ3n) is 12.8. The van der Waals surface area contributed by atoms with Crippen LogP contribution in [0.2, 0.25) is 0 Å². The highest BCUT2D eigenvalue weighted by atomic mass is 16.6. The summed E-state index contributed by atoms with van der Waals surface area (Å²) in [5.74, 6) is 0.866. The van der Waals surface area contributed by atoms with Crippen LogP contribution in [0, 0.1) is 11.8 Å². The van der Waals surface area contributed by atoms with Gasteiger partial charge in [0.15, 0.2) is 6.10 Å². The van der Waals surface area contributed by atoms with E-state index in [0.29, 0.717) is 19.3 Å². The molecule has 0 radical (unpaired) electrons. The van der Waals surface area contributed by atoms with Crippen molar-refractivity contribution in [3.8, 4) is 0 Å². The minimum absolute atomic E-state index is 0.0632. The summed E-state index contributed by atoms with van der Waals surface area (Å²) in [6.07, 6.45) is 49.3. The van der Waals surface area contributed by atoms with Gasteiger partial charge >= 0.3 is 17.9 Å². The molecule has 0 aliphatic heterocycles. The lowest BCUT2D eigenvalue weighted by Gasteiger charge is -2.18. The van der Waals surface area contributed by atoms with Gasteiger partial charge in [-0.05, 0) is 31.1 Å². The Kier molecular flexibility index (Phi) is 46.6. The van der Waals surface area contributed by atoms with Crippen molar-refractivity contribution in [3.63, 3.8) is 0 Å². The second-order valence-electron chi connectivity index (χ2n) is 19.6. The molecule has 0 N–H and O–H groups in total. The molecule has 0 amide bonds. The number of unbranched alkanes of at least 4 members (excludes halogenated alkanes) is 33. The van der Waals surface area contributed by atoms with Gasteiger partial charge in [-0.3, -0.25) is 14.4 Å². The van der Waals surface area contributed by atoms with E-state index < -0.39 is 6.10 Å². The van der Waals surface area contributed by atoms with Crippen LogP contribution in [0.25, 0.3) is 0 Å². The second-order valence-corrected chi connectivity index (χ2v) is 19.6. The quantitative estimate of drug-likeness (QED) is 0.0344. The Balaban J connectivity index is 4.31. The lowest BCUT2D eigenvalue weighted by atomic mass is 9.99. The van der Waals surface area contributed by atoms with Gasteiger partial charge in [0.2, 0.25) is 0 Å². The zero-order valence-electron chi connectivity index (χ0n) is 41.8. The smallest absolute Gasteiger partial charge is 0.306 e. The summed E-state index contributed by atoms with van der Waals surface area (Å²) in [5, 5.41) is 0. The van der Waals surface area contributed by atoms with E-state index in [1.165, 1.54) is 193 Å². The predicted octanol–water partition coefficient (Wildman–Crippen LogP) is 17.7. The second kappa shape index (κ2) is 47.9. The maximum atomic E-state index is 12.8. The summed E-state index contributed by atoms with van der Waals surface area (Å²) in [6.45, 7) is 11.4. The molecular formula is C55H106O6. The number of rotatable bonds is 49. The number of hydrogen-bond donors (Lipinski definition) is 0. The maximum absolute atomic E-state index is 12.8. The highest BCUT2D eigenvalue weighted by Crippen LogP contribution is 2.18. The third-order valence-corrected chi connectivity index (χ3v) is 12.8. The average Bonchev–Trinajstić information content (AvgIpc) is 3.24. The molecule has 362 valence electrons. The molecule has 2 atom stereocenters. The third kappa shape index (κ3) is 47.7. The number of carbonyl (C=O) groups is 3. The Hall–Kier alpha value is -1.59. The fraction of sp³-hybridized carbons (Fsp3) is 0.945. The van der Waals surface area contributed by atoms with Gasteiger partial charge < -0.3 is 14.2 Å². The van der Waals surface area contributed by atoms with Crippen molar-refractivity contribution in [2.24, 2.45) is 11.8 Å². The first kappa shape index (κ1) is 59.4. The van der Waals surface area contributed by atoms with E-state index in [-0.39, 0.29) is 31.1 Å². The lowest BCUT2D eigenvalue weighted by molar-refractivity contribution is -0.167. The molecule has 0 aliphatic rings. The molecule has 0 bridgehead atoms. The van der Waals surface area contributed by atoms with Gasteiger partial charge in [0, 0.05) is 19.3 Å². The number of esters is 3. The Labute approximate surface area is 380 Å². The van der Waals surface area contributed by atoms with Crippen LogP contribution in [-0.2, 0) is 28.6 Å². The van der Waals surface area contributed by atoms with E-state index in [0.717, 1.165) is 69.6 Å². The fourth-order valence-corrected chi connectivity index (χ4v) is 8.31. The van der Waals surface area contributed by atoms with Crippen LogP contribution in [0.3, 0.4) is 0 Å². The Bertz CT molecular complexity index is 933. The molecule has 0 aromatic carbocycles. The van der Waals surface area contributed by atoms with Gasteiger partial charge in [-0.25, -0.2) is 0 Å². The summed E-state index contributed by atoms with van der Waals surface area (Å²) < 4.78 is 16.8. The van der Waals surface area contributed by atoms with E-state index in [4.69, 9.17) is 14.2 Å². The normalized spacial score (nSPS) is 12.5. The topological polar surface area (TPSA) is 78.9 Å². The molecule has 61 heavy (non-hydrogen) atoms. The van der Waals surface area contributed by atoms with Gasteiger partial charge in [0.25, 0.3) is 0 Å². The Morgan fingerprint density at radius 2 is 0.623 bits per heavy atom. The number of hydrogen-bond acceptors (Lipinski definition) is 6. The first-order valence-corrected chi connectivity index (χ1v) is 27.3. The van der Waals surface area contributed by atoms with Crippen molar-refractivity contribution < 1.29 is 28.6 Å². The largest absolute Gasteiger partial charge is 0.462 e. The molecular weight excluding hydrogens is 757 g/mol. The van der Waals surface area contributed by atoms with E-state index >= 15 is 0 Å². The highest BCUT2D eigenvalue weighted by Gasteiger charge is 2.19. The van der Waals surface area contributed by atoms with Crippen molar-refractivity contribution in [1.29, 1.82) is 0 Å². The molecule has 0 aliphatic carbocycles. The van der Waals surface area contributed by atoms with Gasteiger partial charge in [-0.15, -0.1) is 0 Å². The van der Waals surface area contributed by atoms with Crippen molar-refractivity contribution in [2.45, 2.75) is 310 Å². The Morgan fingerprint density at radius 1 is 0.344 bits per heavy atom. The van der Waals surface area contributed by atoms with Crippen LogP contribution >= 0.6 is 0 Å². The lowest BCUT2D eigenvalue weighted by Crippen LogP contribution is -2.30. The molecule has 1 unspecified atom stereocenters. The maximum Gasteiger partial charge on any atom is 0.306 e. The Morgan fingerprint density at radius 3 is 0.934 bits per heavy atom. The first-order valence-electron chi connectivity index (χ1n) is 27.3. The highest BCUT2D eigenvalue weighted by molar-refractivity contribution is 5.71. The van der Waals surface area contributed by atoms with E-state index in [1.807, 2.05) is 0 Å². The standard InChI is InChI=1S/C55H106O6/c1-6-8-9-10-11-12-13-15-20-27-32-37-42-47-55(58)61-52(49-60-54(57)46-41-36-31-26-22-21-24-29-34-39-44-51(5)7-2)48-59-53(56)45-40-35-30-25-19-17-14-16-18-23-28-33-38-43-50(3)4/h50-52H,6-49H2,1-5H3/t51?,52-/m0/s1. The zero-order valence-corrected chi connectivity index (χ0v) is 41.8. The minimum Gasteiger partial charge on any atom is -0.462 e. The van der Waals surface area contributed by atoms with Crippen LogP contribution < -0.4 is 0 Å². The molecule has 0 spiro atoms. The summed E-state index contributed by atoms with van der Waals surface area (Å²) in [6, 6.07) is 0. The molecule has 0 saturated heterocycles. The van der Waals surface area contributed by atoms with E-state index in [9.17, 15) is 14.4 Å². The molecule has 0 aromatic heterocycles. The van der Waals surface area contributed by atoms with Crippen molar-refractivity contribution in [1.82, 2.24) is 0 Å². The minimum atomic E-state index is -0.762. The summed E-state index contributed by atoms with van der Waals surface area (Å²) in [4.78, 5) is 38.0. The van der Waals surface area contributed by atoms with E-state index in [2.05, 4.69) is 34.6 Å². The van der Waals surface area contributed by atoms with Crippen LogP contribution in [0.5, 0.6) is 0 Å².